The molecule has 0 spiro atoms. The smallest absolute Gasteiger partial charge is 0.221 e. The number of aryl methyl sites for hydroxylation is 2. The van der Waals surface area contributed by atoms with Crippen LogP contribution in [-0.2, 0) is 5.60 Å². The van der Waals surface area contributed by atoms with E-state index in [0.717, 1.165) is 22.2 Å². The molecular weight excluding hydrogens is 356 g/mol. The van der Waals surface area contributed by atoms with Crippen molar-refractivity contribution in [1.82, 2.24) is 24.9 Å². The van der Waals surface area contributed by atoms with Gasteiger partial charge in [-0.15, -0.1) is 0 Å². The molecule has 0 radical (unpaired) electrons. The molecule has 0 amide bonds. The fraction of sp³-hybridized carbons (Fsp3) is 0.200. The summed E-state index contributed by atoms with van der Waals surface area (Å²) in [6.45, 7) is 5.26. The molecule has 0 aliphatic carbocycles. The molecule has 0 fully saturated rings. The Morgan fingerprint density at radius 1 is 1.21 bits per heavy atom. The number of aromatic nitrogens is 5. The van der Waals surface area contributed by atoms with E-state index in [1.165, 1.54) is 0 Å². The molecule has 0 saturated heterocycles. The first-order chi connectivity index (χ1) is 13.3. The maximum absolute atomic E-state index is 10.6. The summed E-state index contributed by atoms with van der Waals surface area (Å²) in [5, 5.41) is 20.0. The Hall–Kier alpha value is -3.70. The van der Waals surface area contributed by atoms with Crippen LogP contribution in [0.4, 0.5) is 5.95 Å². The van der Waals surface area contributed by atoms with Crippen LogP contribution in [-0.4, -0.2) is 30.0 Å². The SMILES string of the molecule is Cc1cc(C(C)(O)C#Cc2ccc3c(C)nn(-c4ccnc(N)n4)c3c2)no1. The van der Waals surface area contributed by atoms with Crippen LogP contribution in [0.25, 0.3) is 16.7 Å². The van der Waals surface area contributed by atoms with Crippen molar-refractivity contribution >= 4 is 16.9 Å². The fourth-order valence-electron chi connectivity index (χ4n) is 2.86. The Morgan fingerprint density at radius 3 is 2.75 bits per heavy atom. The monoisotopic (exact) mass is 374 g/mol. The van der Waals surface area contributed by atoms with Crippen molar-refractivity contribution < 1.29 is 9.63 Å². The molecular formula is C20H18N6O2. The van der Waals surface area contributed by atoms with Crippen molar-refractivity contribution in [2.45, 2.75) is 26.4 Å². The normalized spacial score (nSPS) is 13.1. The molecule has 0 bridgehead atoms. The van der Waals surface area contributed by atoms with Crippen molar-refractivity contribution in [2.24, 2.45) is 0 Å². The van der Waals surface area contributed by atoms with E-state index in [1.54, 1.807) is 36.9 Å². The zero-order chi connectivity index (χ0) is 19.9. The third kappa shape index (κ3) is 3.19. The lowest BCUT2D eigenvalue weighted by Gasteiger charge is -2.11. The Kier molecular flexibility index (Phi) is 4.09. The molecule has 0 aliphatic rings. The Labute approximate surface area is 161 Å². The molecule has 1 aromatic carbocycles. The molecule has 0 saturated carbocycles. The van der Waals surface area contributed by atoms with Crippen molar-refractivity contribution in [3.05, 3.63) is 59.2 Å². The summed E-state index contributed by atoms with van der Waals surface area (Å²) in [6.07, 6.45) is 1.58. The summed E-state index contributed by atoms with van der Waals surface area (Å²) >= 11 is 0. The highest BCUT2D eigenvalue weighted by Gasteiger charge is 2.24. The van der Waals surface area contributed by atoms with Crippen molar-refractivity contribution in [3.8, 4) is 17.7 Å². The van der Waals surface area contributed by atoms with Gasteiger partial charge in [0.25, 0.3) is 0 Å². The van der Waals surface area contributed by atoms with Crippen LogP contribution >= 0.6 is 0 Å². The minimum Gasteiger partial charge on any atom is -0.372 e. The van der Waals surface area contributed by atoms with Gasteiger partial charge >= 0.3 is 0 Å². The Bertz CT molecular complexity index is 1240. The van der Waals surface area contributed by atoms with Crippen LogP contribution in [0.2, 0.25) is 0 Å². The molecule has 1 unspecified atom stereocenters. The molecule has 4 rings (SSSR count). The second-order valence-electron chi connectivity index (χ2n) is 6.65. The van der Waals surface area contributed by atoms with E-state index in [0.29, 0.717) is 17.3 Å². The van der Waals surface area contributed by atoms with Gasteiger partial charge in [-0.2, -0.15) is 10.1 Å². The number of fused-ring (bicyclic) bond motifs is 1. The molecule has 28 heavy (non-hydrogen) atoms. The van der Waals surface area contributed by atoms with E-state index in [2.05, 4.69) is 32.1 Å². The van der Waals surface area contributed by atoms with E-state index < -0.39 is 5.60 Å². The molecule has 1 atom stereocenters. The summed E-state index contributed by atoms with van der Waals surface area (Å²) in [6, 6.07) is 9.11. The molecule has 8 heteroatoms. The maximum atomic E-state index is 10.6. The number of nitrogens with two attached hydrogens (primary N) is 1. The number of rotatable bonds is 2. The number of anilines is 1. The summed E-state index contributed by atoms with van der Waals surface area (Å²) < 4.78 is 6.73. The topological polar surface area (TPSA) is 116 Å². The Morgan fingerprint density at radius 2 is 2.04 bits per heavy atom. The maximum Gasteiger partial charge on any atom is 0.221 e. The number of nitrogens with zero attached hydrogens (tertiary/aromatic N) is 5. The van der Waals surface area contributed by atoms with Gasteiger partial charge in [-0.05, 0) is 39.0 Å². The second kappa shape index (κ2) is 6.48. The van der Waals surface area contributed by atoms with E-state index in [4.69, 9.17) is 10.3 Å². The molecule has 140 valence electrons. The fourth-order valence-corrected chi connectivity index (χ4v) is 2.86. The van der Waals surface area contributed by atoms with E-state index in [9.17, 15) is 5.11 Å². The molecule has 8 nitrogen and oxygen atoms in total. The quantitative estimate of drug-likeness (QED) is 0.517. The van der Waals surface area contributed by atoms with Gasteiger partial charge in [0, 0.05) is 29.3 Å². The van der Waals surface area contributed by atoms with Gasteiger partial charge in [-0.25, -0.2) is 9.67 Å². The van der Waals surface area contributed by atoms with E-state index in [1.807, 2.05) is 25.1 Å². The van der Waals surface area contributed by atoms with E-state index >= 15 is 0 Å². The van der Waals surface area contributed by atoms with Crippen LogP contribution in [0.1, 0.15) is 29.6 Å². The lowest BCUT2D eigenvalue weighted by molar-refractivity contribution is 0.112. The number of benzene rings is 1. The first-order valence-electron chi connectivity index (χ1n) is 8.61. The van der Waals surface area contributed by atoms with Crippen molar-refractivity contribution in [2.75, 3.05) is 5.73 Å². The molecule has 3 N–H and O–H groups in total. The molecule has 3 heterocycles. The summed E-state index contributed by atoms with van der Waals surface area (Å²) in [7, 11) is 0. The predicted octanol–water partition coefficient (Wildman–Crippen LogP) is 2.26. The highest BCUT2D eigenvalue weighted by atomic mass is 16.5. The summed E-state index contributed by atoms with van der Waals surface area (Å²) in [5.41, 5.74) is 7.06. The molecule has 0 aliphatic heterocycles. The van der Waals surface area contributed by atoms with E-state index in [-0.39, 0.29) is 5.95 Å². The predicted molar refractivity (Wildman–Crippen MR) is 103 cm³/mol. The summed E-state index contributed by atoms with van der Waals surface area (Å²) in [5.74, 6) is 7.21. The van der Waals surface area contributed by atoms with Gasteiger partial charge in [-0.1, -0.05) is 17.0 Å². The molecule has 4 aromatic rings. The van der Waals surface area contributed by atoms with Gasteiger partial charge in [0.05, 0.1) is 11.2 Å². The average Bonchev–Trinajstić information content (AvgIpc) is 3.24. The lowest BCUT2D eigenvalue weighted by atomic mass is 10.0. The zero-order valence-electron chi connectivity index (χ0n) is 15.6. The minimum atomic E-state index is -1.43. The largest absolute Gasteiger partial charge is 0.372 e. The highest BCUT2D eigenvalue weighted by Crippen LogP contribution is 2.23. The number of hydrogen-bond donors (Lipinski definition) is 2. The minimum absolute atomic E-state index is 0.175. The highest BCUT2D eigenvalue weighted by molar-refractivity contribution is 5.84. The van der Waals surface area contributed by atoms with Gasteiger partial charge in [0.1, 0.15) is 11.5 Å². The van der Waals surface area contributed by atoms with Crippen molar-refractivity contribution in [3.63, 3.8) is 0 Å². The standard InChI is InChI=1S/C20H18N6O2/c1-12-10-17(25-28-12)20(3,27)8-6-14-4-5-15-13(2)24-26(16(15)11-14)18-7-9-22-19(21)23-18/h4-5,7,9-11,27H,1-3H3,(H2,21,22,23). The van der Waals surface area contributed by atoms with Gasteiger partial charge in [-0.3, -0.25) is 0 Å². The van der Waals surface area contributed by atoms with Crippen LogP contribution < -0.4 is 5.73 Å². The second-order valence-corrected chi connectivity index (χ2v) is 6.65. The van der Waals surface area contributed by atoms with Crippen LogP contribution in [0.5, 0.6) is 0 Å². The van der Waals surface area contributed by atoms with Gasteiger partial charge in [0.15, 0.2) is 11.4 Å². The van der Waals surface area contributed by atoms with Gasteiger partial charge in [0.2, 0.25) is 5.95 Å². The van der Waals surface area contributed by atoms with Crippen LogP contribution in [0, 0.1) is 25.7 Å². The first kappa shape index (κ1) is 17.7. The van der Waals surface area contributed by atoms with Crippen LogP contribution in [0.15, 0.2) is 41.1 Å². The Balaban J connectivity index is 1.77. The average molecular weight is 374 g/mol. The lowest BCUT2D eigenvalue weighted by Crippen LogP contribution is -2.18. The third-order valence-corrected chi connectivity index (χ3v) is 4.32. The molecule has 3 aromatic heterocycles. The zero-order valence-corrected chi connectivity index (χ0v) is 15.6. The number of hydrogen-bond acceptors (Lipinski definition) is 7. The summed E-state index contributed by atoms with van der Waals surface area (Å²) in [4.78, 5) is 8.15. The number of aliphatic hydroxyl groups is 1. The first-order valence-corrected chi connectivity index (χ1v) is 8.61. The third-order valence-electron chi connectivity index (χ3n) is 4.32. The van der Waals surface area contributed by atoms with Crippen LogP contribution in [0.3, 0.4) is 0 Å². The van der Waals surface area contributed by atoms with Crippen molar-refractivity contribution in [1.29, 1.82) is 0 Å². The number of nitrogen functional groups attached to an aromatic ring is 1. The van der Waals surface area contributed by atoms with Gasteiger partial charge < -0.3 is 15.4 Å².